The third-order valence-corrected chi connectivity index (χ3v) is 5.52. The van der Waals surface area contributed by atoms with Gasteiger partial charge in [-0.3, -0.25) is 4.98 Å². The van der Waals surface area contributed by atoms with E-state index >= 15 is 0 Å². The van der Waals surface area contributed by atoms with E-state index in [-0.39, 0.29) is 5.41 Å². The van der Waals surface area contributed by atoms with Crippen LogP contribution in [0.5, 0.6) is 0 Å². The number of benzene rings is 1. The average molecular weight is 467 g/mol. The van der Waals surface area contributed by atoms with Gasteiger partial charge in [0.25, 0.3) is 0 Å². The summed E-state index contributed by atoms with van der Waals surface area (Å²) in [5.74, 6) is 0.896. The van der Waals surface area contributed by atoms with Gasteiger partial charge >= 0.3 is 6.09 Å². The van der Waals surface area contributed by atoms with Crippen molar-refractivity contribution >= 4 is 40.8 Å². The van der Waals surface area contributed by atoms with Gasteiger partial charge in [0.2, 0.25) is 5.95 Å². The molecule has 1 amide bonds. The Balaban J connectivity index is 1.73. The smallest absolute Gasteiger partial charge is 0.407 e. The molecule has 0 radical (unpaired) electrons. The zero-order valence-electron chi connectivity index (χ0n) is 18.9. The van der Waals surface area contributed by atoms with E-state index in [0.717, 1.165) is 40.9 Å². The number of nitrogens with zero attached hydrogens (tertiary/aromatic N) is 4. The topological polar surface area (TPSA) is 103 Å². The third kappa shape index (κ3) is 5.90. The van der Waals surface area contributed by atoms with E-state index in [1.807, 2.05) is 51.2 Å². The van der Waals surface area contributed by atoms with Gasteiger partial charge in [-0.25, -0.2) is 9.78 Å². The fourth-order valence-electron chi connectivity index (χ4n) is 3.81. The summed E-state index contributed by atoms with van der Waals surface area (Å²) in [6.45, 7) is 6.86. The summed E-state index contributed by atoms with van der Waals surface area (Å²) in [6, 6.07) is 7.94. The highest BCUT2D eigenvalue weighted by Crippen LogP contribution is 2.28. The van der Waals surface area contributed by atoms with Gasteiger partial charge in [-0.2, -0.15) is 4.98 Å². The molecule has 33 heavy (non-hydrogen) atoms. The first-order valence-electron chi connectivity index (χ1n) is 10.8. The number of nitrogens with one attached hydrogen (secondary N) is 2. The van der Waals surface area contributed by atoms with Crippen molar-refractivity contribution in [1.82, 2.24) is 19.9 Å². The Kier molecular flexibility index (Phi) is 6.37. The molecule has 9 heteroatoms. The highest BCUT2D eigenvalue weighted by Gasteiger charge is 2.22. The van der Waals surface area contributed by atoms with Crippen LogP contribution in [-0.2, 0) is 19.4 Å². The summed E-state index contributed by atoms with van der Waals surface area (Å²) < 4.78 is 0. The number of amides is 1. The van der Waals surface area contributed by atoms with Crippen molar-refractivity contribution in [3.05, 3.63) is 64.6 Å². The van der Waals surface area contributed by atoms with Gasteiger partial charge in [0.1, 0.15) is 5.02 Å². The number of fused-ring (bicyclic) bond motifs is 6. The molecule has 0 spiro atoms. The second-order valence-electron chi connectivity index (χ2n) is 9.40. The number of aromatic nitrogens is 3. The predicted octanol–water partition coefficient (Wildman–Crippen LogP) is 5.64. The second-order valence-corrected chi connectivity index (χ2v) is 9.81. The number of halogens is 1. The number of anilines is 4. The quantitative estimate of drug-likeness (QED) is 0.459. The van der Waals surface area contributed by atoms with Crippen LogP contribution in [0.2, 0.25) is 5.02 Å². The molecule has 1 aromatic carbocycles. The SMILES string of the molecule is CC(C)(C)CN(Cc1ccc2cc1CCc1cncc(c1)Nc1ncc(Cl)c(n1)N2)C(=O)O. The van der Waals surface area contributed by atoms with E-state index in [4.69, 9.17) is 11.6 Å². The van der Waals surface area contributed by atoms with Crippen LogP contribution in [0.15, 0.2) is 42.9 Å². The standard InChI is InChI=1S/C24H27ClN6O2/c1-24(2,3)14-31(23(32)33)13-17-6-7-18-9-16(17)5-4-15-8-19(11-26-10-15)29-22-27-12-20(25)21(28-18)30-22/h6-12H,4-5,13-14H2,1-3H3,(H,32,33)(H2,27,28,29,30). The van der Waals surface area contributed by atoms with E-state index in [1.165, 1.54) is 4.90 Å². The van der Waals surface area contributed by atoms with E-state index in [9.17, 15) is 9.90 Å². The molecule has 0 aliphatic carbocycles. The fraction of sp³-hybridized carbons (Fsp3) is 0.333. The van der Waals surface area contributed by atoms with Gasteiger partial charge in [-0.05, 0) is 53.1 Å². The molecule has 6 bridgehead atoms. The van der Waals surface area contributed by atoms with Crippen molar-refractivity contribution < 1.29 is 9.90 Å². The van der Waals surface area contributed by atoms with Crippen LogP contribution in [0.4, 0.5) is 27.9 Å². The van der Waals surface area contributed by atoms with Crippen LogP contribution in [0.3, 0.4) is 0 Å². The Morgan fingerprint density at radius 2 is 1.94 bits per heavy atom. The maximum atomic E-state index is 11.9. The normalized spacial score (nSPS) is 13.0. The molecule has 1 aliphatic heterocycles. The summed E-state index contributed by atoms with van der Waals surface area (Å²) in [6.07, 6.45) is 5.66. The first kappa shape index (κ1) is 22.8. The molecule has 1 aliphatic rings. The van der Waals surface area contributed by atoms with Crippen LogP contribution in [-0.4, -0.2) is 37.6 Å². The van der Waals surface area contributed by atoms with Crippen molar-refractivity contribution in [3.8, 4) is 0 Å². The van der Waals surface area contributed by atoms with Crippen molar-refractivity contribution in [2.24, 2.45) is 5.41 Å². The highest BCUT2D eigenvalue weighted by molar-refractivity contribution is 6.32. The zero-order chi connectivity index (χ0) is 23.6. The molecular formula is C24H27ClN6O2. The van der Waals surface area contributed by atoms with Gasteiger partial charge in [0, 0.05) is 25.0 Å². The van der Waals surface area contributed by atoms with Gasteiger partial charge in [-0.1, -0.05) is 38.4 Å². The molecule has 4 rings (SSSR count). The van der Waals surface area contributed by atoms with Gasteiger partial charge < -0.3 is 20.6 Å². The monoisotopic (exact) mass is 466 g/mol. The molecule has 0 unspecified atom stereocenters. The Morgan fingerprint density at radius 1 is 1.12 bits per heavy atom. The van der Waals surface area contributed by atoms with E-state index < -0.39 is 6.09 Å². The fourth-order valence-corrected chi connectivity index (χ4v) is 3.95. The van der Waals surface area contributed by atoms with Crippen LogP contribution in [0, 0.1) is 5.41 Å². The Bertz CT molecular complexity index is 1180. The molecule has 3 heterocycles. The maximum Gasteiger partial charge on any atom is 0.407 e. The molecule has 8 nitrogen and oxygen atoms in total. The second kappa shape index (κ2) is 9.23. The van der Waals surface area contributed by atoms with E-state index in [2.05, 4.69) is 25.6 Å². The number of pyridine rings is 1. The largest absolute Gasteiger partial charge is 0.465 e. The van der Waals surface area contributed by atoms with Gasteiger partial charge in [-0.15, -0.1) is 0 Å². The number of carbonyl (C=O) groups is 1. The average Bonchev–Trinajstić information content (AvgIpc) is 2.74. The zero-order valence-corrected chi connectivity index (χ0v) is 19.6. The minimum absolute atomic E-state index is 0.143. The molecule has 2 aromatic heterocycles. The minimum atomic E-state index is -0.924. The Labute approximate surface area is 198 Å². The summed E-state index contributed by atoms with van der Waals surface area (Å²) >= 11 is 6.33. The molecule has 172 valence electrons. The summed E-state index contributed by atoms with van der Waals surface area (Å²) in [5.41, 5.74) is 4.55. The third-order valence-electron chi connectivity index (χ3n) is 5.24. The lowest BCUT2D eigenvalue weighted by Crippen LogP contribution is -2.36. The Hall–Kier alpha value is -3.39. The number of rotatable bonds is 3. The van der Waals surface area contributed by atoms with E-state index in [0.29, 0.717) is 29.9 Å². The number of hydrogen-bond acceptors (Lipinski definition) is 6. The summed E-state index contributed by atoms with van der Waals surface area (Å²) in [7, 11) is 0. The van der Waals surface area contributed by atoms with Crippen molar-refractivity contribution in [3.63, 3.8) is 0 Å². The first-order valence-corrected chi connectivity index (χ1v) is 11.1. The lowest BCUT2D eigenvalue weighted by Gasteiger charge is -2.28. The molecule has 0 saturated carbocycles. The van der Waals surface area contributed by atoms with Crippen LogP contribution in [0.1, 0.15) is 37.5 Å². The maximum absolute atomic E-state index is 11.9. The van der Waals surface area contributed by atoms with Gasteiger partial charge in [0.05, 0.1) is 18.1 Å². The summed E-state index contributed by atoms with van der Waals surface area (Å²) in [5, 5.41) is 16.6. The molecule has 0 atom stereocenters. The predicted molar refractivity (Wildman–Crippen MR) is 130 cm³/mol. The van der Waals surface area contributed by atoms with Crippen LogP contribution in [0.25, 0.3) is 0 Å². The van der Waals surface area contributed by atoms with E-state index in [1.54, 1.807) is 12.4 Å². The molecule has 3 aromatic rings. The summed E-state index contributed by atoms with van der Waals surface area (Å²) in [4.78, 5) is 26.5. The Morgan fingerprint density at radius 3 is 2.70 bits per heavy atom. The molecule has 0 fully saturated rings. The first-order chi connectivity index (χ1) is 15.7. The van der Waals surface area contributed by atoms with Crippen LogP contribution >= 0.6 is 11.6 Å². The molecule has 3 N–H and O–H groups in total. The van der Waals surface area contributed by atoms with Gasteiger partial charge in [0.15, 0.2) is 5.82 Å². The van der Waals surface area contributed by atoms with Crippen molar-refractivity contribution in [2.45, 2.75) is 40.2 Å². The highest BCUT2D eigenvalue weighted by atomic mass is 35.5. The molecular weight excluding hydrogens is 440 g/mol. The van der Waals surface area contributed by atoms with Crippen LogP contribution < -0.4 is 10.6 Å². The number of hydrogen-bond donors (Lipinski definition) is 3. The number of aryl methyl sites for hydroxylation is 2. The van der Waals surface area contributed by atoms with Crippen molar-refractivity contribution in [1.29, 1.82) is 0 Å². The molecule has 0 saturated heterocycles. The minimum Gasteiger partial charge on any atom is -0.465 e. The lowest BCUT2D eigenvalue weighted by atomic mass is 9.95. The lowest BCUT2D eigenvalue weighted by molar-refractivity contribution is 0.122. The van der Waals surface area contributed by atoms with Crippen molar-refractivity contribution in [2.75, 3.05) is 17.2 Å². The number of carboxylic acid groups (broad SMARTS) is 1.